The minimum Gasteiger partial charge on any atom is -0.321 e. The second-order valence-corrected chi connectivity index (χ2v) is 7.63. The van der Waals surface area contributed by atoms with E-state index in [9.17, 15) is 9.18 Å². The molecule has 0 spiro atoms. The standard InChI is InChI=1S/C20H15ClFN3OS/c1-11-9-14(21)5-8-16(11)23-19(26)18-12(2)25-10-17(24-20(25)27-18)13-3-6-15(22)7-4-13/h3-10H,1-2H3,(H,23,26). The number of aromatic nitrogens is 2. The van der Waals surface area contributed by atoms with E-state index in [-0.39, 0.29) is 11.7 Å². The van der Waals surface area contributed by atoms with E-state index in [1.165, 1.54) is 23.5 Å². The molecule has 0 saturated carbocycles. The van der Waals surface area contributed by atoms with Gasteiger partial charge in [0, 0.05) is 28.2 Å². The lowest BCUT2D eigenvalue weighted by Gasteiger charge is -2.08. The Balaban J connectivity index is 1.64. The molecule has 1 N–H and O–H groups in total. The number of imidazole rings is 1. The number of aryl methyl sites for hydroxylation is 2. The molecule has 0 aliphatic rings. The lowest BCUT2D eigenvalue weighted by atomic mass is 10.2. The molecule has 0 atom stereocenters. The van der Waals surface area contributed by atoms with Crippen molar-refractivity contribution in [2.45, 2.75) is 13.8 Å². The van der Waals surface area contributed by atoms with Crippen molar-refractivity contribution in [3.63, 3.8) is 0 Å². The number of carbonyl (C=O) groups excluding carboxylic acids is 1. The normalized spacial score (nSPS) is 11.1. The van der Waals surface area contributed by atoms with Crippen molar-refractivity contribution in [1.29, 1.82) is 0 Å². The van der Waals surface area contributed by atoms with E-state index in [0.29, 0.717) is 14.9 Å². The van der Waals surface area contributed by atoms with E-state index in [2.05, 4.69) is 10.3 Å². The summed E-state index contributed by atoms with van der Waals surface area (Å²) in [6, 6.07) is 11.5. The molecule has 4 rings (SSSR count). The quantitative estimate of drug-likeness (QED) is 0.478. The summed E-state index contributed by atoms with van der Waals surface area (Å²) >= 11 is 7.28. The molecule has 4 aromatic rings. The SMILES string of the molecule is Cc1cc(Cl)ccc1NC(=O)c1sc2nc(-c3ccc(F)cc3)cn2c1C. The van der Waals surface area contributed by atoms with E-state index in [0.717, 1.165) is 28.2 Å². The van der Waals surface area contributed by atoms with E-state index in [1.54, 1.807) is 30.3 Å². The van der Waals surface area contributed by atoms with Crippen LogP contribution in [0.15, 0.2) is 48.7 Å². The summed E-state index contributed by atoms with van der Waals surface area (Å²) in [6.07, 6.45) is 1.86. The summed E-state index contributed by atoms with van der Waals surface area (Å²) in [5, 5.41) is 3.56. The average Bonchev–Trinajstić information content (AvgIpc) is 3.18. The molecule has 0 bridgehead atoms. The third-order valence-electron chi connectivity index (χ3n) is 4.34. The Bertz CT molecular complexity index is 1160. The number of fused-ring (bicyclic) bond motifs is 1. The molecule has 2 aromatic heterocycles. The number of benzene rings is 2. The molecule has 4 nitrogen and oxygen atoms in total. The van der Waals surface area contributed by atoms with Crippen LogP contribution in [0.2, 0.25) is 5.02 Å². The van der Waals surface area contributed by atoms with Crippen LogP contribution in [0, 0.1) is 19.7 Å². The van der Waals surface area contributed by atoms with Gasteiger partial charge in [0.1, 0.15) is 10.7 Å². The van der Waals surface area contributed by atoms with Crippen LogP contribution < -0.4 is 5.32 Å². The maximum absolute atomic E-state index is 13.1. The monoisotopic (exact) mass is 399 g/mol. The van der Waals surface area contributed by atoms with Gasteiger partial charge in [-0.05, 0) is 61.9 Å². The van der Waals surface area contributed by atoms with Crippen LogP contribution in [0.1, 0.15) is 20.9 Å². The van der Waals surface area contributed by atoms with Crippen molar-refractivity contribution < 1.29 is 9.18 Å². The Kier molecular flexibility index (Phi) is 4.45. The first kappa shape index (κ1) is 17.7. The molecule has 0 saturated heterocycles. The fraction of sp³-hybridized carbons (Fsp3) is 0.100. The van der Waals surface area contributed by atoms with Gasteiger partial charge >= 0.3 is 0 Å². The smallest absolute Gasteiger partial charge is 0.267 e. The number of thiazole rings is 1. The molecule has 7 heteroatoms. The van der Waals surface area contributed by atoms with E-state index in [1.807, 2.05) is 24.4 Å². The van der Waals surface area contributed by atoms with Crippen molar-refractivity contribution in [1.82, 2.24) is 9.38 Å². The highest BCUT2D eigenvalue weighted by atomic mass is 35.5. The summed E-state index contributed by atoms with van der Waals surface area (Å²) in [5.74, 6) is -0.468. The predicted molar refractivity (Wildman–Crippen MR) is 107 cm³/mol. The molecule has 0 fully saturated rings. The zero-order chi connectivity index (χ0) is 19.1. The Morgan fingerprint density at radius 3 is 2.59 bits per heavy atom. The number of rotatable bonds is 3. The van der Waals surface area contributed by atoms with Gasteiger partial charge in [0.05, 0.1) is 5.69 Å². The van der Waals surface area contributed by atoms with Crippen LogP contribution in [0.25, 0.3) is 16.2 Å². The molecule has 1 amide bonds. The average molecular weight is 400 g/mol. The number of nitrogens with one attached hydrogen (secondary N) is 1. The molecular formula is C20H15ClFN3OS. The summed E-state index contributed by atoms with van der Waals surface area (Å²) in [4.78, 5) is 18.6. The minimum absolute atomic E-state index is 0.184. The third-order valence-corrected chi connectivity index (χ3v) is 5.73. The fourth-order valence-electron chi connectivity index (χ4n) is 2.87. The Hall–Kier alpha value is -2.70. The molecule has 0 aliphatic heterocycles. The summed E-state index contributed by atoms with van der Waals surface area (Å²) < 4.78 is 15.0. The summed E-state index contributed by atoms with van der Waals surface area (Å²) in [7, 11) is 0. The molecule has 0 unspecified atom stereocenters. The molecule has 136 valence electrons. The number of carbonyl (C=O) groups is 1. The van der Waals surface area contributed by atoms with Crippen LogP contribution in [-0.4, -0.2) is 15.3 Å². The number of nitrogens with zero attached hydrogens (tertiary/aromatic N) is 2. The third kappa shape index (κ3) is 3.34. The Morgan fingerprint density at radius 2 is 1.93 bits per heavy atom. The molecule has 2 heterocycles. The zero-order valence-electron chi connectivity index (χ0n) is 14.6. The summed E-state index contributed by atoms with van der Waals surface area (Å²) in [5.41, 5.74) is 3.99. The second-order valence-electron chi connectivity index (χ2n) is 6.22. The van der Waals surface area contributed by atoms with Gasteiger partial charge in [-0.3, -0.25) is 9.20 Å². The zero-order valence-corrected chi connectivity index (χ0v) is 16.2. The second kappa shape index (κ2) is 6.79. The van der Waals surface area contributed by atoms with Gasteiger partial charge in [0.2, 0.25) is 0 Å². The number of halogens is 2. The maximum atomic E-state index is 13.1. The number of hydrogen-bond acceptors (Lipinski definition) is 3. The van der Waals surface area contributed by atoms with E-state index in [4.69, 9.17) is 11.6 Å². The molecule has 0 aliphatic carbocycles. The van der Waals surface area contributed by atoms with Gasteiger partial charge < -0.3 is 5.32 Å². The van der Waals surface area contributed by atoms with Crippen molar-refractivity contribution in [2.24, 2.45) is 0 Å². The van der Waals surface area contributed by atoms with Gasteiger partial charge in [-0.2, -0.15) is 0 Å². The first-order valence-electron chi connectivity index (χ1n) is 8.24. The number of anilines is 1. The van der Waals surface area contributed by atoms with E-state index < -0.39 is 0 Å². The fourth-order valence-corrected chi connectivity index (χ4v) is 4.10. The number of hydrogen-bond donors (Lipinski definition) is 1. The van der Waals surface area contributed by atoms with Gasteiger partial charge in [-0.1, -0.05) is 22.9 Å². The highest BCUT2D eigenvalue weighted by Gasteiger charge is 2.19. The Labute approximate surface area is 164 Å². The first-order chi connectivity index (χ1) is 12.9. The van der Waals surface area contributed by atoms with Gasteiger partial charge in [0.15, 0.2) is 4.96 Å². The van der Waals surface area contributed by atoms with Crippen LogP contribution in [0.3, 0.4) is 0 Å². The highest BCUT2D eigenvalue weighted by molar-refractivity contribution is 7.19. The summed E-state index contributed by atoms with van der Waals surface area (Å²) in [6.45, 7) is 3.77. The van der Waals surface area contributed by atoms with Crippen molar-refractivity contribution in [2.75, 3.05) is 5.32 Å². The van der Waals surface area contributed by atoms with E-state index >= 15 is 0 Å². The number of amides is 1. The first-order valence-corrected chi connectivity index (χ1v) is 9.44. The molecular weight excluding hydrogens is 385 g/mol. The van der Waals surface area contributed by atoms with Crippen LogP contribution in [0.4, 0.5) is 10.1 Å². The maximum Gasteiger partial charge on any atom is 0.267 e. The predicted octanol–water partition coefficient (Wildman–Crippen LogP) is 5.72. The lowest BCUT2D eigenvalue weighted by Crippen LogP contribution is -2.12. The largest absolute Gasteiger partial charge is 0.321 e. The van der Waals surface area contributed by atoms with Gasteiger partial charge in [0.25, 0.3) is 5.91 Å². The minimum atomic E-state index is -0.285. The van der Waals surface area contributed by atoms with Crippen molar-refractivity contribution >= 4 is 39.5 Å². The van der Waals surface area contributed by atoms with Gasteiger partial charge in [-0.25, -0.2) is 9.37 Å². The van der Waals surface area contributed by atoms with Crippen molar-refractivity contribution in [3.8, 4) is 11.3 Å². The van der Waals surface area contributed by atoms with Crippen molar-refractivity contribution in [3.05, 3.63) is 75.6 Å². The Morgan fingerprint density at radius 1 is 1.19 bits per heavy atom. The molecule has 2 aromatic carbocycles. The van der Waals surface area contributed by atoms with Gasteiger partial charge in [-0.15, -0.1) is 0 Å². The van der Waals surface area contributed by atoms with Crippen LogP contribution in [0.5, 0.6) is 0 Å². The highest BCUT2D eigenvalue weighted by Crippen LogP contribution is 2.28. The molecule has 27 heavy (non-hydrogen) atoms. The topological polar surface area (TPSA) is 46.4 Å². The van der Waals surface area contributed by atoms with Crippen LogP contribution >= 0.6 is 22.9 Å². The molecule has 0 radical (unpaired) electrons. The lowest BCUT2D eigenvalue weighted by molar-refractivity contribution is 0.102. The van der Waals surface area contributed by atoms with Crippen LogP contribution in [-0.2, 0) is 0 Å².